The molecule has 3 heterocycles. The van der Waals surface area contributed by atoms with Gasteiger partial charge < -0.3 is 126 Å². The van der Waals surface area contributed by atoms with E-state index < -0.39 is 282 Å². The van der Waals surface area contributed by atoms with Crippen LogP contribution in [0.3, 0.4) is 0 Å². The van der Waals surface area contributed by atoms with Crippen LogP contribution in [0.15, 0.2) is 55.6 Å². The number of primary amides is 3. The molecule has 616 valence electrons. The Hall–Kier alpha value is -12.1. The summed E-state index contributed by atoms with van der Waals surface area (Å²) in [5.74, 6) is -22.8. The Morgan fingerprint density at radius 1 is 0.482 bits per heavy atom. The summed E-state index contributed by atoms with van der Waals surface area (Å²) in [6, 6.07) is -13.2. The third-order valence-electron chi connectivity index (χ3n) is 17.5. The van der Waals surface area contributed by atoms with Gasteiger partial charge in [0.05, 0.1) is 52.6 Å². The molecule has 0 spiro atoms. The molecule has 17 amide bonds. The molecule has 44 nitrogen and oxygen atoms in total. The molecule has 4 rings (SSSR count). The second-order valence-corrected chi connectivity index (χ2v) is 26.0. The first-order valence-electron chi connectivity index (χ1n) is 35.5. The second kappa shape index (κ2) is 47.1. The average molecular weight is 1580 g/mol. The first-order chi connectivity index (χ1) is 53.1. The largest absolute Gasteiger partial charge is 0.481 e. The molecule has 0 bridgehead atoms. The fourth-order valence-electron chi connectivity index (χ4n) is 11.7. The Morgan fingerprint density at radius 2 is 0.902 bits per heavy atom. The highest BCUT2D eigenvalue weighted by molar-refractivity contribution is 6.01. The lowest BCUT2D eigenvalue weighted by Crippen LogP contribution is -2.61. The maximum absolute atomic E-state index is 14.2. The van der Waals surface area contributed by atoms with Gasteiger partial charge in [-0.1, -0.05) is 42.5 Å². The zero-order chi connectivity index (χ0) is 83.3. The summed E-state index contributed by atoms with van der Waals surface area (Å²) in [5.41, 5.74) is 16.8. The van der Waals surface area contributed by atoms with E-state index in [2.05, 4.69) is 77.0 Å². The number of carbonyl (C=O) groups excluding carboxylic acids is 17. The Labute approximate surface area is 639 Å². The Morgan fingerprint density at radius 3 is 1.40 bits per heavy atom. The van der Waals surface area contributed by atoms with Crippen LogP contribution in [0.25, 0.3) is 0 Å². The van der Waals surface area contributed by atoms with Gasteiger partial charge in [-0.25, -0.2) is 4.79 Å². The number of ether oxygens (including phenoxy) is 2. The molecule has 1 aromatic carbocycles. The summed E-state index contributed by atoms with van der Waals surface area (Å²) in [6.45, 7) is 1.74. The Kier molecular flexibility index (Phi) is 38.8. The van der Waals surface area contributed by atoms with Gasteiger partial charge >= 0.3 is 17.9 Å². The minimum atomic E-state index is -2.06. The maximum Gasteiger partial charge on any atom is 0.328 e. The minimum Gasteiger partial charge on any atom is -0.481 e. The molecule has 0 radical (unpaired) electrons. The monoisotopic (exact) mass is 1580 g/mol. The van der Waals surface area contributed by atoms with Crippen LogP contribution in [0.4, 0.5) is 0 Å². The summed E-state index contributed by atoms with van der Waals surface area (Å²) >= 11 is 0. The molecule has 23 N–H and O–H groups in total. The van der Waals surface area contributed by atoms with Gasteiger partial charge in [-0.2, -0.15) is 0 Å². The number of aliphatic hydroxyl groups is 2. The zero-order valence-corrected chi connectivity index (χ0v) is 61.0. The molecule has 3 saturated heterocycles. The van der Waals surface area contributed by atoms with Crippen LogP contribution in [-0.2, 0) is 112 Å². The first-order valence-corrected chi connectivity index (χ1v) is 35.5. The smallest absolute Gasteiger partial charge is 0.328 e. The van der Waals surface area contributed by atoms with Crippen molar-refractivity contribution in [3.8, 4) is 0 Å². The van der Waals surface area contributed by atoms with Crippen LogP contribution < -0.4 is 81.0 Å². The van der Waals surface area contributed by atoms with Crippen LogP contribution in [0, 0.1) is 0 Å². The van der Waals surface area contributed by atoms with Gasteiger partial charge in [-0.15, -0.1) is 13.2 Å². The summed E-state index contributed by atoms with van der Waals surface area (Å²) in [5, 5.41) is 77.1. The van der Waals surface area contributed by atoms with Crippen LogP contribution in [-0.4, -0.2) is 291 Å². The van der Waals surface area contributed by atoms with E-state index in [9.17, 15) is 121 Å². The Balaban J connectivity index is 1.48. The molecule has 0 unspecified atom stereocenters. The fourth-order valence-corrected chi connectivity index (χ4v) is 11.7. The maximum atomic E-state index is 14.2. The number of likely N-dealkylation sites (tertiary alicyclic amines) is 2. The van der Waals surface area contributed by atoms with Gasteiger partial charge in [-0.3, -0.25) is 91.1 Å². The zero-order valence-electron chi connectivity index (χ0n) is 61.0. The molecule has 112 heavy (non-hydrogen) atoms. The van der Waals surface area contributed by atoms with Crippen molar-refractivity contribution in [3.63, 3.8) is 0 Å². The van der Waals surface area contributed by atoms with Crippen LogP contribution in [0.5, 0.6) is 0 Å². The van der Waals surface area contributed by atoms with Gasteiger partial charge in [0.15, 0.2) is 6.04 Å². The topological polar surface area (TPSA) is 690 Å². The average Bonchev–Trinajstić information content (AvgIpc) is 1.65. The number of nitrogens with zero attached hydrogens (tertiary/aromatic N) is 2. The molecular formula is C68H97N17O27. The number of aliphatic carboxylic acids is 3. The molecule has 0 saturated carbocycles. The number of carboxylic acid groups (broad SMARTS) is 3. The number of nitrogens with two attached hydrogens (primary N) is 3. The number of hydrogen-bond donors (Lipinski definition) is 20. The molecule has 3 aliphatic heterocycles. The van der Waals surface area contributed by atoms with Crippen molar-refractivity contribution < 1.29 is 131 Å². The molecule has 13 atom stereocenters. The van der Waals surface area contributed by atoms with Crippen molar-refractivity contribution in [2.24, 2.45) is 17.2 Å². The summed E-state index contributed by atoms with van der Waals surface area (Å²) in [7, 11) is 0. The van der Waals surface area contributed by atoms with E-state index in [0.29, 0.717) is 5.56 Å². The van der Waals surface area contributed by atoms with Crippen molar-refractivity contribution in [2.75, 3.05) is 59.3 Å². The SMILES string of the molecule is C=CCOC[C@H](NC(=O)[C@@H]1CCCN1C(=O)[C@H](CCC(N)=O)NC(=O)[C@H](CO)NC(=O)[C@H](CCC(=O)O)NC(=O)CNC(=O)[C@H](CCC(N)=O)NC(=O)[C@H](COCC=C)NC(=O)[C@H](CC(N)=O)NC(=O)[C@H](CCC(=O)O)NC(=O)[C@@H]1CCCN1C(=O)[C@H](CO)NC(=O)[C@H](Cc1ccccc1)NC(=O)[C@@H]1CCC(=O)N1)C(=O)O. The van der Waals surface area contributed by atoms with E-state index in [1.54, 1.807) is 30.3 Å². The number of carboxylic acids is 3. The quantitative estimate of drug-likeness (QED) is 0.0213. The van der Waals surface area contributed by atoms with E-state index in [1.807, 2.05) is 0 Å². The van der Waals surface area contributed by atoms with Crippen molar-refractivity contribution in [1.29, 1.82) is 0 Å². The third-order valence-corrected chi connectivity index (χ3v) is 17.5. The lowest BCUT2D eigenvalue weighted by molar-refractivity contribution is -0.146. The number of benzene rings is 1. The van der Waals surface area contributed by atoms with Gasteiger partial charge in [-0.05, 0) is 63.4 Å². The minimum absolute atomic E-state index is 0.0273. The molecule has 3 fully saturated rings. The normalized spacial score (nSPS) is 17.6. The lowest BCUT2D eigenvalue weighted by atomic mass is 10.0. The third kappa shape index (κ3) is 31.1. The van der Waals surface area contributed by atoms with E-state index in [1.165, 1.54) is 12.2 Å². The summed E-state index contributed by atoms with van der Waals surface area (Å²) in [6.07, 6.45) is -3.48. The number of nitrogens with one attached hydrogen (secondary N) is 12. The molecule has 3 aliphatic rings. The highest BCUT2D eigenvalue weighted by atomic mass is 16.5. The standard InChI is InChI=1S/C68H97N17O27/c1-3-26-111-33-45(82-61(102)42(29-51(71)90)79-59(100)39(18-23-55(95)96)76-64(105)47-12-9-25-85(47)67(108)44(32-87)81-60(101)41(28-35-10-6-5-7-11-35)78-57(98)37-16-21-52(91)73-37)63(104)75-36(14-19-49(69)88)56(97)72-30-53(92)74-38(17-22-54(93)94)58(99)80-43(31-86)62(103)77-40(15-20-50(70)89)66(107)84-24-8-13-48(84)65(106)83-46(68(109)110)34-112-27-4-2/h3-7,10-11,36-48,86-87H,1-2,8-9,12-34H2,(H2,69,88)(H2,70,89)(H2,71,90)(H,72,97)(H,73,91)(H,74,92)(H,75,104)(H,76,105)(H,77,103)(H,78,98)(H,79,100)(H,80,99)(H,81,101)(H,82,102)(H,83,106)(H,93,94)(H,95,96)(H,109,110)/t36-,37-,38-,39-,40-,41-,42-,43-,44-,45-,46-,47-,48-/m0/s1. The molecule has 0 aromatic heterocycles. The molecule has 44 heteroatoms. The van der Waals surface area contributed by atoms with Gasteiger partial charge in [0.25, 0.3) is 0 Å². The van der Waals surface area contributed by atoms with Crippen LogP contribution in [0.1, 0.15) is 102 Å². The lowest BCUT2D eigenvalue weighted by Gasteiger charge is -2.30. The number of aliphatic hydroxyl groups excluding tert-OH is 2. The fraction of sp³-hybridized carbons (Fsp3) is 0.559. The van der Waals surface area contributed by atoms with E-state index in [0.717, 1.165) is 9.80 Å². The summed E-state index contributed by atoms with van der Waals surface area (Å²) in [4.78, 5) is 266. The molecule has 0 aliphatic carbocycles. The van der Waals surface area contributed by atoms with Gasteiger partial charge in [0.1, 0.15) is 72.5 Å². The second-order valence-electron chi connectivity index (χ2n) is 26.0. The van der Waals surface area contributed by atoms with Crippen LogP contribution >= 0.6 is 0 Å². The van der Waals surface area contributed by atoms with Crippen LogP contribution in [0.2, 0.25) is 0 Å². The van der Waals surface area contributed by atoms with E-state index >= 15 is 0 Å². The summed E-state index contributed by atoms with van der Waals surface area (Å²) < 4.78 is 10.6. The predicted octanol–water partition coefficient (Wildman–Crippen LogP) is -9.94. The highest BCUT2D eigenvalue weighted by Gasteiger charge is 2.43. The first kappa shape index (κ1) is 92.3. The van der Waals surface area contributed by atoms with E-state index in [-0.39, 0.29) is 77.2 Å². The number of amides is 17. The van der Waals surface area contributed by atoms with Crippen molar-refractivity contribution >= 4 is 118 Å². The molecular weight excluding hydrogens is 1490 g/mol. The number of rotatable bonds is 51. The number of carbonyl (C=O) groups is 20. The van der Waals surface area contributed by atoms with E-state index in [4.69, 9.17) is 26.7 Å². The predicted molar refractivity (Wildman–Crippen MR) is 381 cm³/mol. The van der Waals surface area contributed by atoms with Crippen molar-refractivity contribution in [3.05, 3.63) is 61.2 Å². The van der Waals surface area contributed by atoms with Gasteiger partial charge in [0.2, 0.25) is 100 Å². The van der Waals surface area contributed by atoms with Gasteiger partial charge in [0, 0.05) is 51.6 Å². The van der Waals surface area contributed by atoms with Crippen molar-refractivity contribution in [2.45, 2.75) is 181 Å². The molecule has 1 aromatic rings. The Bertz CT molecular complexity index is 3620. The number of hydrogen-bond acceptors (Lipinski definition) is 24. The highest BCUT2D eigenvalue weighted by Crippen LogP contribution is 2.22. The van der Waals surface area contributed by atoms with Crippen molar-refractivity contribution in [1.82, 2.24) is 73.6 Å².